The number of nitrogens with one attached hydrogen (secondary N) is 1. The van der Waals surface area contributed by atoms with Crippen LogP contribution in [-0.4, -0.2) is 18.6 Å². The number of benzene rings is 2. The van der Waals surface area contributed by atoms with Crippen molar-refractivity contribution in [3.63, 3.8) is 0 Å². The summed E-state index contributed by atoms with van der Waals surface area (Å²) < 4.78 is 24.8. The van der Waals surface area contributed by atoms with Gasteiger partial charge in [-0.25, -0.2) is 4.39 Å². The van der Waals surface area contributed by atoms with Crippen molar-refractivity contribution in [1.82, 2.24) is 5.32 Å². The fraction of sp³-hybridized carbons (Fsp3) is 0.235. The van der Waals surface area contributed by atoms with Gasteiger partial charge in [0.15, 0.2) is 11.5 Å². The van der Waals surface area contributed by atoms with E-state index in [2.05, 4.69) is 5.32 Å². The second-order valence-corrected chi connectivity index (χ2v) is 6.20. The lowest BCUT2D eigenvalue weighted by Crippen LogP contribution is -2.44. The van der Waals surface area contributed by atoms with Gasteiger partial charge in [0.25, 0.3) is 5.91 Å². The van der Waals surface area contributed by atoms with E-state index in [4.69, 9.17) is 32.7 Å². The second-order valence-electron chi connectivity index (χ2n) is 5.38. The van der Waals surface area contributed by atoms with Gasteiger partial charge in [0.2, 0.25) is 6.10 Å². The Kier molecular flexibility index (Phi) is 4.83. The molecule has 1 N–H and O–H groups in total. The standard InChI is InChI=1S/C17H14Cl2FNO3/c1-9(10-6-13(20)12(19)7-11(10)18)21-17(22)16-8-23-14-4-2-3-5-15(14)24-16/h2-7,9,16H,8H2,1H3,(H,21,22)/t9-,16-/m0/s1. The smallest absolute Gasteiger partial charge is 0.265 e. The molecular formula is C17H14Cl2FNO3. The lowest BCUT2D eigenvalue weighted by atomic mass is 10.1. The first-order valence-corrected chi connectivity index (χ1v) is 8.04. The lowest BCUT2D eigenvalue weighted by molar-refractivity contribution is -0.131. The summed E-state index contributed by atoms with van der Waals surface area (Å²) in [5.74, 6) is 0.135. The third-order valence-corrected chi connectivity index (χ3v) is 4.28. The lowest BCUT2D eigenvalue weighted by Gasteiger charge is -2.27. The summed E-state index contributed by atoms with van der Waals surface area (Å²) in [6.07, 6.45) is -0.793. The minimum atomic E-state index is -0.793. The average Bonchev–Trinajstić information content (AvgIpc) is 2.57. The molecule has 126 valence electrons. The molecule has 3 rings (SSSR count). The van der Waals surface area contributed by atoms with Gasteiger partial charge >= 0.3 is 0 Å². The maximum atomic E-state index is 13.6. The Morgan fingerprint density at radius 1 is 1.25 bits per heavy atom. The number of amides is 1. The SMILES string of the molecule is C[C@H](NC(=O)[C@@H]1COc2ccccc2O1)c1cc(F)c(Cl)cc1Cl. The van der Waals surface area contributed by atoms with Crippen LogP contribution in [0.25, 0.3) is 0 Å². The largest absolute Gasteiger partial charge is 0.485 e. The molecule has 2 atom stereocenters. The Bertz CT molecular complexity index is 784. The molecule has 0 saturated carbocycles. The van der Waals surface area contributed by atoms with E-state index in [0.717, 1.165) is 0 Å². The van der Waals surface area contributed by atoms with Gasteiger partial charge in [-0.15, -0.1) is 0 Å². The van der Waals surface area contributed by atoms with Gasteiger partial charge < -0.3 is 14.8 Å². The summed E-state index contributed by atoms with van der Waals surface area (Å²) in [7, 11) is 0. The fourth-order valence-corrected chi connectivity index (χ4v) is 2.95. The number of carbonyl (C=O) groups excluding carboxylic acids is 1. The monoisotopic (exact) mass is 369 g/mol. The van der Waals surface area contributed by atoms with Gasteiger partial charge in [-0.3, -0.25) is 4.79 Å². The number of para-hydroxylation sites is 2. The van der Waals surface area contributed by atoms with E-state index in [9.17, 15) is 9.18 Å². The van der Waals surface area contributed by atoms with E-state index >= 15 is 0 Å². The first-order valence-electron chi connectivity index (χ1n) is 7.29. The molecule has 24 heavy (non-hydrogen) atoms. The van der Waals surface area contributed by atoms with Crippen molar-refractivity contribution in [2.75, 3.05) is 6.61 Å². The zero-order chi connectivity index (χ0) is 17.3. The number of halogens is 3. The predicted octanol–water partition coefficient (Wildman–Crippen LogP) is 4.15. The topological polar surface area (TPSA) is 47.6 Å². The van der Waals surface area contributed by atoms with Gasteiger partial charge in [0, 0.05) is 5.02 Å². The quantitative estimate of drug-likeness (QED) is 0.826. The van der Waals surface area contributed by atoms with Crippen LogP contribution in [0.2, 0.25) is 10.0 Å². The van der Waals surface area contributed by atoms with Crippen LogP contribution in [0.1, 0.15) is 18.5 Å². The summed E-state index contributed by atoms with van der Waals surface area (Å²) in [6.45, 7) is 1.79. The van der Waals surface area contributed by atoms with E-state index in [1.165, 1.54) is 12.1 Å². The minimum Gasteiger partial charge on any atom is -0.485 e. The van der Waals surface area contributed by atoms with Crippen LogP contribution in [-0.2, 0) is 4.79 Å². The van der Waals surface area contributed by atoms with E-state index in [1.807, 2.05) is 6.07 Å². The van der Waals surface area contributed by atoms with Crippen LogP contribution in [0.5, 0.6) is 11.5 Å². The molecule has 7 heteroatoms. The first-order chi connectivity index (χ1) is 11.5. The van der Waals surface area contributed by atoms with E-state index in [1.54, 1.807) is 25.1 Å². The number of ether oxygens (including phenoxy) is 2. The number of rotatable bonds is 3. The molecule has 0 bridgehead atoms. The first kappa shape index (κ1) is 16.9. The van der Waals surface area contributed by atoms with Crippen molar-refractivity contribution in [2.24, 2.45) is 0 Å². The minimum absolute atomic E-state index is 0.0668. The molecule has 0 unspecified atom stereocenters. The highest BCUT2D eigenvalue weighted by Crippen LogP contribution is 2.32. The van der Waals surface area contributed by atoms with Gasteiger partial charge in [0.1, 0.15) is 12.4 Å². The zero-order valence-electron chi connectivity index (χ0n) is 12.7. The summed E-state index contributed by atoms with van der Waals surface area (Å²) in [5, 5.41) is 2.96. The van der Waals surface area contributed by atoms with Crippen molar-refractivity contribution in [3.8, 4) is 11.5 Å². The summed E-state index contributed by atoms with van der Waals surface area (Å²) >= 11 is 11.8. The molecule has 0 saturated heterocycles. The van der Waals surface area contributed by atoms with Crippen molar-refractivity contribution in [1.29, 1.82) is 0 Å². The van der Waals surface area contributed by atoms with Crippen molar-refractivity contribution >= 4 is 29.1 Å². The van der Waals surface area contributed by atoms with Gasteiger partial charge in [0.05, 0.1) is 11.1 Å². The molecule has 1 amide bonds. The molecule has 2 aromatic rings. The zero-order valence-corrected chi connectivity index (χ0v) is 14.2. The summed E-state index contributed by atoms with van der Waals surface area (Å²) in [4.78, 5) is 12.4. The van der Waals surface area contributed by atoms with Gasteiger partial charge in [-0.1, -0.05) is 35.3 Å². The van der Waals surface area contributed by atoms with Crippen LogP contribution in [0, 0.1) is 5.82 Å². The molecule has 0 spiro atoms. The maximum Gasteiger partial charge on any atom is 0.265 e. The summed E-state index contributed by atoms with van der Waals surface area (Å²) in [6, 6.07) is 9.11. The molecule has 4 nitrogen and oxygen atoms in total. The van der Waals surface area contributed by atoms with Crippen LogP contribution >= 0.6 is 23.2 Å². The highest BCUT2D eigenvalue weighted by atomic mass is 35.5. The second kappa shape index (κ2) is 6.87. The van der Waals surface area contributed by atoms with E-state index in [-0.39, 0.29) is 22.6 Å². The number of hydrogen-bond acceptors (Lipinski definition) is 3. The number of fused-ring (bicyclic) bond motifs is 1. The molecule has 1 aliphatic rings. The van der Waals surface area contributed by atoms with Crippen molar-refractivity contribution in [3.05, 3.63) is 57.8 Å². The molecule has 0 radical (unpaired) electrons. The fourth-order valence-electron chi connectivity index (χ4n) is 2.40. The molecule has 1 heterocycles. The Morgan fingerprint density at radius 2 is 1.96 bits per heavy atom. The highest BCUT2D eigenvalue weighted by Gasteiger charge is 2.28. The third kappa shape index (κ3) is 3.42. The van der Waals surface area contributed by atoms with Crippen molar-refractivity contribution in [2.45, 2.75) is 19.1 Å². The van der Waals surface area contributed by atoms with Gasteiger partial charge in [-0.2, -0.15) is 0 Å². The summed E-state index contributed by atoms with van der Waals surface area (Å²) in [5.41, 5.74) is 0.434. The molecule has 1 aliphatic heterocycles. The molecule has 0 aromatic heterocycles. The molecule has 2 aromatic carbocycles. The van der Waals surface area contributed by atoms with Crippen LogP contribution in [0.3, 0.4) is 0 Å². The third-order valence-electron chi connectivity index (χ3n) is 3.67. The van der Waals surface area contributed by atoms with E-state index < -0.39 is 18.0 Å². The number of carbonyl (C=O) groups is 1. The Morgan fingerprint density at radius 3 is 2.71 bits per heavy atom. The Hall–Kier alpha value is -1.98. The van der Waals surface area contributed by atoms with Crippen LogP contribution in [0.4, 0.5) is 4.39 Å². The molecular weight excluding hydrogens is 356 g/mol. The average molecular weight is 370 g/mol. The molecule has 0 aliphatic carbocycles. The number of hydrogen-bond donors (Lipinski definition) is 1. The Balaban J connectivity index is 1.70. The predicted molar refractivity (Wildman–Crippen MR) is 89.3 cm³/mol. The normalized spacial score (nSPS) is 17.2. The Labute approximate surface area is 148 Å². The van der Waals surface area contributed by atoms with Gasteiger partial charge in [-0.05, 0) is 36.8 Å². The highest BCUT2D eigenvalue weighted by molar-refractivity contribution is 6.35. The molecule has 0 fully saturated rings. The van der Waals surface area contributed by atoms with Crippen LogP contribution in [0.15, 0.2) is 36.4 Å². The van der Waals surface area contributed by atoms with E-state index in [0.29, 0.717) is 17.1 Å². The van der Waals surface area contributed by atoms with Crippen molar-refractivity contribution < 1.29 is 18.7 Å². The maximum absolute atomic E-state index is 13.6. The van der Waals surface area contributed by atoms with Crippen LogP contribution < -0.4 is 14.8 Å².